The standard InChI is InChI=1S/C19H32N6O.HI/c1-3-20-19(21-11-15-12-22-24(2)13-15)23-17-9-10-25(14-17)18(26)16-7-5-4-6-8-16;/h12-13,16-17H,3-11,14H2,1-2H3,(H2,20,21,23);1H. The minimum absolute atomic E-state index is 0. The number of halogens is 1. The first-order valence-electron chi connectivity index (χ1n) is 9.97. The van der Waals surface area contributed by atoms with Crippen molar-refractivity contribution in [1.82, 2.24) is 25.3 Å². The van der Waals surface area contributed by atoms with Crippen molar-refractivity contribution in [3.63, 3.8) is 0 Å². The number of amides is 1. The summed E-state index contributed by atoms with van der Waals surface area (Å²) in [6.45, 7) is 5.12. The maximum Gasteiger partial charge on any atom is 0.225 e. The normalized spacial score (nSPS) is 21.0. The molecule has 27 heavy (non-hydrogen) atoms. The lowest BCUT2D eigenvalue weighted by Crippen LogP contribution is -2.45. The average Bonchev–Trinajstić information content (AvgIpc) is 3.29. The van der Waals surface area contributed by atoms with Gasteiger partial charge in [0.05, 0.1) is 12.7 Å². The van der Waals surface area contributed by atoms with Crippen molar-refractivity contribution in [2.24, 2.45) is 18.0 Å². The van der Waals surface area contributed by atoms with Gasteiger partial charge in [-0.05, 0) is 26.2 Å². The van der Waals surface area contributed by atoms with Crippen LogP contribution in [0.3, 0.4) is 0 Å². The number of carbonyl (C=O) groups is 1. The van der Waals surface area contributed by atoms with Gasteiger partial charge in [0.25, 0.3) is 0 Å². The topological polar surface area (TPSA) is 74.6 Å². The Kier molecular flexibility index (Phi) is 8.85. The van der Waals surface area contributed by atoms with Gasteiger partial charge in [-0.3, -0.25) is 9.48 Å². The number of hydrogen-bond donors (Lipinski definition) is 2. The molecule has 1 saturated heterocycles. The lowest BCUT2D eigenvalue weighted by Gasteiger charge is -2.26. The predicted molar refractivity (Wildman–Crippen MR) is 118 cm³/mol. The maximum absolute atomic E-state index is 12.7. The van der Waals surface area contributed by atoms with Crippen LogP contribution in [-0.2, 0) is 18.4 Å². The minimum Gasteiger partial charge on any atom is -0.357 e. The van der Waals surface area contributed by atoms with Crippen LogP contribution >= 0.6 is 24.0 Å². The second-order valence-corrected chi connectivity index (χ2v) is 7.47. The highest BCUT2D eigenvalue weighted by atomic mass is 127. The predicted octanol–water partition coefficient (Wildman–Crippen LogP) is 2.27. The van der Waals surface area contributed by atoms with Gasteiger partial charge in [0, 0.05) is 50.4 Å². The molecule has 1 atom stereocenters. The highest BCUT2D eigenvalue weighted by Crippen LogP contribution is 2.26. The number of likely N-dealkylation sites (tertiary alicyclic amines) is 1. The molecule has 8 heteroatoms. The van der Waals surface area contributed by atoms with Crippen LogP contribution in [0.25, 0.3) is 0 Å². The molecule has 1 aliphatic carbocycles. The zero-order valence-electron chi connectivity index (χ0n) is 16.5. The van der Waals surface area contributed by atoms with Crippen LogP contribution in [0, 0.1) is 5.92 Å². The van der Waals surface area contributed by atoms with Crippen molar-refractivity contribution in [2.75, 3.05) is 19.6 Å². The molecule has 1 aromatic heterocycles. The van der Waals surface area contributed by atoms with E-state index in [4.69, 9.17) is 0 Å². The molecular formula is C19H33IN6O. The third kappa shape index (κ3) is 6.36. The van der Waals surface area contributed by atoms with Gasteiger partial charge in [0.2, 0.25) is 5.91 Å². The minimum atomic E-state index is 0. The molecule has 152 valence electrons. The third-order valence-electron chi connectivity index (χ3n) is 5.32. The summed E-state index contributed by atoms with van der Waals surface area (Å²) in [5.74, 6) is 1.44. The Labute approximate surface area is 179 Å². The number of hydrogen-bond acceptors (Lipinski definition) is 3. The zero-order chi connectivity index (χ0) is 18.4. The Morgan fingerprint density at radius 2 is 2.07 bits per heavy atom. The number of aromatic nitrogens is 2. The SMILES string of the molecule is CCNC(=NCc1cnn(C)c1)NC1CCN(C(=O)C2CCCCC2)C1.I. The van der Waals surface area contributed by atoms with E-state index in [2.05, 4.69) is 32.5 Å². The summed E-state index contributed by atoms with van der Waals surface area (Å²) in [6, 6.07) is 0.272. The molecular weight excluding hydrogens is 455 g/mol. The summed E-state index contributed by atoms with van der Waals surface area (Å²) in [5, 5.41) is 11.0. The van der Waals surface area contributed by atoms with E-state index < -0.39 is 0 Å². The fourth-order valence-corrected chi connectivity index (χ4v) is 3.92. The first-order chi connectivity index (χ1) is 12.7. The van der Waals surface area contributed by atoms with E-state index in [0.717, 1.165) is 50.4 Å². The van der Waals surface area contributed by atoms with Gasteiger partial charge < -0.3 is 15.5 Å². The zero-order valence-corrected chi connectivity index (χ0v) is 18.8. The van der Waals surface area contributed by atoms with Crippen molar-refractivity contribution in [1.29, 1.82) is 0 Å². The van der Waals surface area contributed by atoms with Crippen LogP contribution in [-0.4, -0.2) is 52.2 Å². The highest BCUT2D eigenvalue weighted by molar-refractivity contribution is 14.0. The van der Waals surface area contributed by atoms with Crippen molar-refractivity contribution in [3.05, 3.63) is 18.0 Å². The molecule has 1 aliphatic heterocycles. The van der Waals surface area contributed by atoms with Crippen LogP contribution in [0.5, 0.6) is 0 Å². The molecule has 1 unspecified atom stereocenters. The Morgan fingerprint density at radius 1 is 1.30 bits per heavy atom. The molecule has 0 aromatic carbocycles. The van der Waals surface area contributed by atoms with Crippen molar-refractivity contribution >= 4 is 35.8 Å². The maximum atomic E-state index is 12.7. The van der Waals surface area contributed by atoms with E-state index in [9.17, 15) is 4.79 Å². The molecule has 0 spiro atoms. The van der Waals surface area contributed by atoms with E-state index in [1.807, 2.05) is 19.4 Å². The number of nitrogens with one attached hydrogen (secondary N) is 2. The third-order valence-corrected chi connectivity index (χ3v) is 5.32. The van der Waals surface area contributed by atoms with Gasteiger partial charge in [-0.1, -0.05) is 19.3 Å². The van der Waals surface area contributed by atoms with E-state index in [-0.39, 0.29) is 35.9 Å². The lowest BCUT2D eigenvalue weighted by atomic mass is 9.88. The van der Waals surface area contributed by atoms with Crippen LogP contribution in [0.2, 0.25) is 0 Å². The molecule has 2 heterocycles. The smallest absolute Gasteiger partial charge is 0.225 e. The second-order valence-electron chi connectivity index (χ2n) is 7.47. The van der Waals surface area contributed by atoms with Crippen LogP contribution < -0.4 is 10.6 Å². The summed E-state index contributed by atoms with van der Waals surface area (Å²) in [6.07, 6.45) is 10.6. The summed E-state index contributed by atoms with van der Waals surface area (Å²) < 4.78 is 1.79. The fraction of sp³-hybridized carbons (Fsp3) is 0.737. The molecule has 0 radical (unpaired) electrons. The molecule has 2 aliphatic rings. The average molecular weight is 488 g/mol. The van der Waals surface area contributed by atoms with E-state index in [1.54, 1.807) is 4.68 Å². The summed E-state index contributed by atoms with van der Waals surface area (Å²) in [7, 11) is 1.91. The van der Waals surface area contributed by atoms with Crippen LogP contribution in [0.4, 0.5) is 0 Å². The van der Waals surface area contributed by atoms with Crippen molar-refractivity contribution < 1.29 is 4.79 Å². The molecule has 0 bridgehead atoms. The van der Waals surface area contributed by atoms with E-state index in [0.29, 0.717) is 12.5 Å². The van der Waals surface area contributed by atoms with Gasteiger partial charge >= 0.3 is 0 Å². The first kappa shape index (κ1) is 22.0. The van der Waals surface area contributed by atoms with Gasteiger partial charge in [0.1, 0.15) is 0 Å². The lowest BCUT2D eigenvalue weighted by molar-refractivity contribution is -0.135. The molecule has 1 amide bonds. The van der Waals surface area contributed by atoms with Crippen molar-refractivity contribution in [3.8, 4) is 0 Å². The molecule has 3 rings (SSSR count). The number of nitrogens with zero attached hydrogens (tertiary/aromatic N) is 4. The Morgan fingerprint density at radius 3 is 2.74 bits per heavy atom. The Hall–Kier alpha value is -1.32. The first-order valence-corrected chi connectivity index (χ1v) is 9.97. The highest BCUT2D eigenvalue weighted by Gasteiger charge is 2.31. The largest absolute Gasteiger partial charge is 0.357 e. The molecule has 2 fully saturated rings. The van der Waals surface area contributed by atoms with Gasteiger partial charge in [-0.25, -0.2) is 4.99 Å². The van der Waals surface area contributed by atoms with Crippen molar-refractivity contribution in [2.45, 2.75) is 58.0 Å². The summed E-state index contributed by atoms with van der Waals surface area (Å²) >= 11 is 0. The van der Waals surface area contributed by atoms with E-state index >= 15 is 0 Å². The number of aliphatic imine (C=N–C) groups is 1. The Balaban J connectivity index is 0.00000261. The van der Waals surface area contributed by atoms with Gasteiger partial charge in [-0.15, -0.1) is 24.0 Å². The van der Waals surface area contributed by atoms with E-state index in [1.165, 1.54) is 19.3 Å². The summed E-state index contributed by atoms with van der Waals surface area (Å²) in [5.41, 5.74) is 1.09. The van der Waals surface area contributed by atoms with Gasteiger partial charge in [0.15, 0.2) is 5.96 Å². The number of guanidine groups is 1. The quantitative estimate of drug-likeness (QED) is 0.379. The summed E-state index contributed by atoms with van der Waals surface area (Å²) in [4.78, 5) is 19.4. The molecule has 2 N–H and O–H groups in total. The second kappa shape index (κ2) is 10.9. The number of carbonyl (C=O) groups excluding carboxylic acids is 1. The monoisotopic (exact) mass is 488 g/mol. The fourth-order valence-electron chi connectivity index (χ4n) is 3.92. The number of aryl methyl sites for hydroxylation is 1. The van der Waals surface area contributed by atoms with Crippen LogP contribution in [0.1, 0.15) is 51.0 Å². The molecule has 7 nitrogen and oxygen atoms in total. The van der Waals surface area contributed by atoms with Crippen LogP contribution in [0.15, 0.2) is 17.4 Å². The molecule has 1 saturated carbocycles. The number of rotatable bonds is 5. The Bertz CT molecular complexity index is 625. The molecule has 1 aromatic rings. The van der Waals surface area contributed by atoms with Gasteiger partial charge in [-0.2, -0.15) is 5.10 Å².